The summed E-state index contributed by atoms with van der Waals surface area (Å²) in [5.74, 6) is -0.886. The molecule has 5 nitrogen and oxygen atoms in total. The van der Waals surface area contributed by atoms with E-state index in [-0.39, 0.29) is 36.0 Å². The van der Waals surface area contributed by atoms with Gasteiger partial charge in [-0.3, -0.25) is 9.35 Å². The van der Waals surface area contributed by atoms with E-state index in [9.17, 15) is 13.2 Å². The molecule has 0 amide bonds. The van der Waals surface area contributed by atoms with E-state index in [4.69, 9.17) is 4.55 Å². The summed E-state index contributed by atoms with van der Waals surface area (Å²) in [6, 6.07) is 0. The molecule has 0 saturated carbocycles. The van der Waals surface area contributed by atoms with Gasteiger partial charge >= 0.3 is 45.9 Å². The van der Waals surface area contributed by atoms with Crippen LogP contribution in [0.15, 0.2) is 0 Å². The first-order chi connectivity index (χ1) is 9.45. The van der Waals surface area contributed by atoms with Crippen LogP contribution in [-0.2, 0) is 19.4 Å². The monoisotopic (exact) mass is 332 g/mol. The molecule has 0 aromatic carbocycles. The zero-order valence-corrected chi connectivity index (χ0v) is 13.3. The molecule has 0 unspecified atom stereocenters. The average Bonchev–Trinajstić information content (AvgIpc) is 2.34. The minimum atomic E-state index is -4.64. The molecular formula is C14H29NaO5S. The standard InChI is InChI=1S/C14H28O5S.Na.H/c1-2-3-4-5-6-7-8-9-10-11-12-13-14(15)19-20(16,17)18;;/h2-13H2,1H3,(H,16,17,18);;. The Labute approximate surface area is 151 Å². The summed E-state index contributed by atoms with van der Waals surface area (Å²) < 4.78 is 32.6. The molecule has 0 aliphatic heterocycles. The van der Waals surface area contributed by atoms with Crippen LogP contribution >= 0.6 is 0 Å². The van der Waals surface area contributed by atoms with Gasteiger partial charge in [0.1, 0.15) is 0 Å². The van der Waals surface area contributed by atoms with E-state index in [1.807, 2.05) is 0 Å². The van der Waals surface area contributed by atoms with Crippen LogP contribution in [0.25, 0.3) is 0 Å². The van der Waals surface area contributed by atoms with Gasteiger partial charge in [-0.25, -0.2) is 0 Å². The Morgan fingerprint density at radius 1 is 0.857 bits per heavy atom. The number of hydrogen-bond donors (Lipinski definition) is 1. The van der Waals surface area contributed by atoms with Crippen LogP contribution in [-0.4, -0.2) is 48.5 Å². The molecule has 0 bridgehead atoms. The van der Waals surface area contributed by atoms with Crippen LogP contribution < -0.4 is 0 Å². The summed E-state index contributed by atoms with van der Waals surface area (Å²) in [6.07, 6.45) is 12.8. The van der Waals surface area contributed by atoms with Crippen molar-refractivity contribution in [2.45, 2.75) is 84.0 Å². The topological polar surface area (TPSA) is 80.7 Å². The predicted octanol–water partition coefficient (Wildman–Crippen LogP) is 3.39. The minimum absolute atomic E-state index is 0. The summed E-state index contributed by atoms with van der Waals surface area (Å²) in [7, 11) is -4.64. The van der Waals surface area contributed by atoms with E-state index in [2.05, 4.69) is 11.1 Å². The Balaban J connectivity index is 0. The van der Waals surface area contributed by atoms with Crippen molar-refractivity contribution in [2.24, 2.45) is 0 Å². The second kappa shape index (κ2) is 15.3. The van der Waals surface area contributed by atoms with Crippen LogP contribution in [0.5, 0.6) is 0 Å². The van der Waals surface area contributed by atoms with Crippen LogP contribution in [0.1, 0.15) is 84.0 Å². The van der Waals surface area contributed by atoms with Gasteiger partial charge < -0.3 is 4.18 Å². The molecule has 0 heterocycles. The number of hydrogen-bond acceptors (Lipinski definition) is 4. The molecule has 1 N–H and O–H groups in total. The van der Waals surface area contributed by atoms with Gasteiger partial charge in [-0.1, -0.05) is 71.1 Å². The Kier molecular flexibility index (Phi) is 17.2. The van der Waals surface area contributed by atoms with Gasteiger partial charge in [-0.05, 0) is 6.42 Å². The summed E-state index contributed by atoms with van der Waals surface area (Å²) in [4.78, 5) is 11.0. The number of unbranched alkanes of at least 4 members (excludes halogenated alkanes) is 10. The zero-order valence-electron chi connectivity index (χ0n) is 12.5. The molecule has 0 spiro atoms. The molecule has 0 aromatic rings. The Bertz CT molecular complexity index is 343. The molecular weight excluding hydrogens is 303 g/mol. The van der Waals surface area contributed by atoms with E-state index in [1.165, 1.54) is 44.9 Å². The second-order valence-electron chi connectivity index (χ2n) is 5.17. The van der Waals surface area contributed by atoms with Gasteiger partial charge in [0.25, 0.3) is 0 Å². The SMILES string of the molecule is CCCCCCCCCCCCCC(=O)OS(=O)(=O)O.[NaH]. The fourth-order valence-corrected chi connectivity index (χ4v) is 2.41. The van der Waals surface area contributed by atoms with Gasteiger partial charge in [-0.15, -0.1) is 0 Å². The normalized spacial score (nSPS) is 11.0. The Morgan fingerprint density at radius 2 is 1.24 bits per heavy atom. The van der Waals surface area contributed by atoms with Crippen molar-refractivity contribution in [1.82, 2.24) is 0 Å². The molecule has 0 saturated heterocycles. The summed E-state index contributed by atoms with van der Waals surface area (Å²) in [5.41, 5.74) is 0. The summed E-state index contributed by atoms with van der Waals surface area (Å²) in [6.45, 7) is 2.21. The van der Waals surface area contributed by atoms with E-state index >= 15 is 0 Å². The van der Waals surface area contributed by atoms with E-state index in [1.54, 1.807) is 0 Å². The van der Waals surface area contributed by atoms with E-state index < -0.39 is 16.4 Å². The van der Waals surface area contributed by atoms with Gasteiger partial charge in [0.15, 0.2) is 0 Å². The number of rotatable bonds is 13. The molecule has 0 radical (unpaired) electrons. The molecule has 0 aliphatic carbocycles. The summed E-state index contributed by atoms with van der Waals surface area (Å²) in [5, 5.41) is 0. The fraction of sp³-hybridized carbons (Fsp3) is 0.929. The van der Waals surface area contributed by atoms with Crippen LogP contribution in [0, 0.1) is 0 Å². The first-order valence-corrected chi connectivity index (χ1v) is 9.02. The van der Waals surface area contributed by atoms with Gasteiger partial charge in [-0.2, -0.15) is 8.42 Å². The van der Waals surface area contributed by atoms with E-state index in [0.29, 0.717) is 6.42 Å². The third-order valence-electron chi connectivity index (χ3n) is 3.18. The Hall–Kier alpha value is 0.380. The van der Waals surface area contributed by atoms with Crippen molar-refractivity contribution < 1.29 is 21.9 Å². The molecule has 0 fully saturated rings. The van der Waals surface area contributed by atoms with Crippen molar-refractivity contribution in [3.63, 3.8) is 0 Å². The first-order valence-electron chi connectivity index (χ1n) is 7.65. The molecule has 21 heavy (non-hydrogen) atoms. The first kappa shape index (κ1) is 23.6. The van der Waals surface area contributed by atoms with Gasteiger partial charge in [0, 0.05) is 6.42 Å². The van der Waals surface area contributed by atoms with Crippen molar-refractivity contribution in [3.05, 3.63) is 0 Å². The molecule has 0 atom stereocenters. The Morgan fingerprint density at radius 3 is 1.62 bits per heavy atom. The number of carbonyl (C=O) groups is 1. The van der Waals surface area contributed by atoms with Crippen LogP contribution in [0.3, 0.4) is 0 Å². The van der Waals surface area contributed by atoms with Crippen molar-refractivity contribution >= 4 is 45.9 Å². The maximum atomic E-state index is 11.0. The van der Waals surface area contributed by atoms with Crippen LogP contribution in [0.4, 0.5) is 0 Å². The van der Waals surface area contributed by atoms with Crippen molar-refractivity contribution in [1.29, 1.82) is 0 Å². The molecule has 0 aliphatic rings. The van der Waals surface area contributed by atoms with Gasteiger partial charge in [0.2, 0.25) is 0 Å². The predicted molar refractivity (Wildman–Crippen MR) is 85.9 cm³/mol. The molecule has 0 aromatic heterocycles. The second-order valence-corrected chi connectivity index (χ2v) is 6.19. The maximum absolute atomic E-state index is 11.0. The molecule has 0 rings (SSSR count). The van der Waals surface area contributed by atoms with Gasteiger partial charge in [0.05, 0.1) is 0 Å². The third kappa shape index (κ3) is 20.4. The fourth-order valence-electron chi connectivity index (χ4n) is 2.09. The molecule has 7 heteroatoms. The zero-order chi connectivity index (χ0) is 15.3. The molecule has 122 valence electrons. The summed E-state index contributed by atoms with van der Waals surface area (Å²) >= 11 is 0. The quantitative estimate of drug-likeness (QED) is 0.318. The van der Waals surface area contributed by atoms with Crippen molar-refractivity contribution in [3.8, 4) is 0 Å². The third-order valence-corrected chi connectivity index (χ3v) is 3.58. The number of carbonyl (C=O) groups excluding carboxylic acids is 1. The van der Waals surface area contributed by atoms with Crippen LogP contribution in [0.2, 0.25) is 0 Å². The van der Waals surface area contributed by atoms with E-state index in [0.717, 1.165) is 19.3 Å². The van der Waals surface area contributed by atoms with Crippen molar-refractivity contribution in [2.75, 3.05) is 0 Å². The average molecular weight is 332 g/mol.